The van der Waals surface area contributed by atoms with Crippen LogP contribution in [0.5, 0.6) is 0 Å². The second-order valence-corrected chi connectivity index (χ2v) is 6.50. The standard InChI is InChI=1S/C19H26N2O2/c1-13(2)10-11-14(3)20-18(22)12-17-15(4)23-19(21-17)16-8-6-5-7-9-16/h5-9,13-14H,10-12H2,1-4H3,(H,20,22). The van der Waals surface area contributed by atoms with E-state index in [0.717, 1.165) is 18.4 Å². The van der Waals surface area contributed by atoms with E-state index in [1.807, 2.05) is 44.2 Å². The SMILES string of the molecule is Cc1oc(-c2ccccc2)nc1CC(=O)NC(C)CCC(C)C. The Hall–Kier alpha value is -2.10. The van der Waals surface area contributed by atoms with Crippen LogP contribution >= 0.6 is 0 Å². The summed E-state index contributed by atoms with van der Waals surface area (Å²) in [5.74, 6) is 1.92. The predicted octanol–water partition coefficient (Wildman–Crippen LogP) is 4.13. The fourth-order valence-corrected chi connectivity index (χ4v) is 2.43. The molecule has 0 aliphatic heterocycles. The number of carbonyl (C=O) groups excluding carboxylic acids is 1. The number of hydrogen-bond acceptors (Lipinski definition) is 3. The average Bonchev–Trinajstić information content (AvgIpc) is 2.87. The lowest BCUT2D eigenvalue weighted by Gasteiger charge is -2.14. The normalized spacial score (nSPS) is 12.4. The van der Waals surface area contributed by atoms with Crippen LogP contribution in [0.15, 0.2) is 34.7 Å². The van der Waals surface area contributed by atoms with Gasteiger partial charge < -0.3 is 9.73 Å². The first-order chi connectivity index (χ1) is 11.0. The van der Waals surface area contributed by atoms with Gasteiger partial charge in [0.2, 0.25) is 11.8 Å². The zero-order valence-electron chi connectivity index (χ0n) is 14.4. The molecule has 23 heavy (non-hydrogen) atoms. The third-order valence-electron chi connectivity index (χ3n) is 3.83. The van der Waals surface area contributed by atoms with E-state index in [1.165, 1.54) is 0 Å². The van der Waals surface area contributed by atoms with E-state index in [-0.39, 0.29) is 18.4 Å². The lowest BCUT2D eigenvalue weighted by atomic mass is 10.0. The molecule has 0 saturated carbocycles. The van der Waals surface area contributed by atoms with Crippen LogP contribution in [0.4, 0.5) is 0 Å². The summed E-state index contributed by atoms with van der Waals surface area (Å²) in [6.07, 6.45) is 2.37. The highest BCUT2D eigenvalue weighted by Gasteiger charge is 2.16. The molecule has 0 aliphatic rings. The Bertz CT molecular complexity index is 632. The van der Waals surface area contributed by atoms with Gasteiger partial charge in [-0.2, -0.15) is 0 Å². The second kappa shape index (κ2) is 7.95. The maximum atomic E-state index is 12.2. The Morgan fingerprint density at radius 3 is 2.52 bits per heavy atom. The van der Waals surface area contributed by atoms with Gasteiger partial charge in [0.1, 0.15) is 5.76 Å². The molecule has 2 rings (SSSR count). The molecular formula is C19H26N2O2. The number of carbonyl (C=O) groups is 1. The number of aryl methyl sites for hydroxylation is 1. The van der Waals surface area contributed by atoms with E-state index in [1.54, 1.807) is 0 Å². The van der Waals surface area contributed by atoms with Gasteiger partial charge in [-0.05, 0) is 44.7 Å². The van der Waals surface area contributed by atoms with E-state index in [2.05, 4.69) is 24.1 Å². The quantitative estimate of drug-likeness (QED) is 0.836. The molecule has 0 radical (unpaired) electrons. The highest BCUT2D eigenvalue weighted by Crippen LogP contribution is 2.21. The summed E-state index contributed by atoms with van der Waals surface area (Å²) < 4.78 is 5.69. The number of nitrogens with one attached hydrogen (secondary N) is 1. The number of amides is 1. The summed E-state index contributed by atoms with van der Waals surface area (Å²) in [4.78, 5) is 16.6. The van der Waals surface area contributed by atoms with Gasteiger partial charge in [0.05, 0.1) is 12.1 Å². The molecule has 0 bridgehead atoms. The molecule has 1 heterocycles. The second-order valence-electron chi connectivity index (χ2n) is 6.50. The molecule has 1 aromatic carbocycles. The zero-order chi connectivity index (χ0) is 16.8. The van der Waals surface area contributed by atoms with Crippen LogP contribution in [0.25, 0.3) is 11.5 Å². The Balaban J connectivity index is 1.95. The lowest BCUT2D eigenvalue weighted by molar-refractivity contribution is -0.121. The minimum absolute atomic E-state index is 0.00253. The number of oxazole rings is 1. The summed E-state index contributed by atoms with van der Waals surface area (Å²) in [5.41, 5.74) is 1.63. The van der Waals surface area contributed by atoms with Gasteiger partial charge in [-0.3, -0.25) is 4.79 Å². The highest BCUT2D eigenvalue weighted by atomic mass is 16.4. The largest absolute Gasteiger partial charge is 0.441 e. The first kappa shape index (κ1) is 17.3. The van der Waals surface area contributed by atoms with Gasteiger partial charge in [0.25, 0.3) is 0 Å². The summed E-state index contributed by atoms with van der Waals surface area (Å²) in [6, 6.07) is 9.92. The van der Waals surface area contributed by atoms with Crippen molar-refractivity contribution in [1.29, 1.82) is 0 Å². The maximum Gasteiger partial charge on any atom is 0.226 e. The number of benzene rings is 1. The van der Waals surface area contributed by atoms with Crippen molar-refractivity contribution in [3.63, 3.8) is 0 Å². The van der Waals surface area contributed by atoms with Crippen molar-refractivity contribution in [1.82, 2.24) is 10.3 Å². The number of nitrogens with zero attached hydrogens (tertiary/aromatic N) is 1. The molecule has 4 nitrogen and oxygen atoms in total. The van der Waals surface area contributed by atoms with Crippen molar-refractivity contribution in [2.75, 3.05) is 0 Å². The van der Waals surface area contributed by atoms with Crippen molar-refractivity contribution < 1.29 is 9.21 Å². The van der Waals surface area contributed by atoms with E-state index >= 15 is 0 Å². The van der Waals surface area contributed by atoms with E-state index in [0.29, 0.717) is 23.3 Å². The molecular weight excluding hydrogens is 288 g/mol. The van der Waals surface area contributed by atoms with Crippen LogP contribution in [0.3, 0.4) is 0 Å². The van der Waals surface area contributed by atoms with Crippen LogP contribution in [0.2, 0.25) is 0 Å². The molecule has 1 atom stereocenters. The van der Waals surface area contributed by atoms with Crippen molar-refractivity contribution in [2.24, 2.45) is 5.92 Å². The molecule has 2 aromatic rings. The Labute approximate surface area is 138 Å². The van der Waals surface area contributed by atoms with Crippen LogP contribution in [-0.4, -0.2) is 16.9 Å². The molecule has 0 aliphatic carbocycles. The average molecular weight is 314 g/mol. The molecule has 124 valence electrons. The molecule has 1 unspecified atom stereocenters. The van der Waals surface area contributed by atoms with Gasteiger partial charge in [-0.15, -0.1) is 0 Å². The molecule has 0 fully saturated rings. The van der Waals surface area contributed by atoms with Gasteiger partial charge in [0.15, 0.2) is 0 Å². The van der Waals surface area contributed by atoms with Crippen molar-refractivity contribution in [3.8, 4) is 11.5 Å². The molecule has 0 spiro atoms. The van der Waals surface area contributed by atoms with Gasteiger partial charge in [0, 0.05) is 11.6 Å². The fraction of sp³-hybridized carbons (Fsp3) is 0.474. The first-order valence-electron chi connectivity index (χ1n) is 8.26. The number of rotatable bonds is 7. The minimum Gasteiger partial charge on any atom is -0.441 e. The zero-order valence-corrected chi connectivity index (χ0v) is 14.4. The van der Waals surface area contributed by atoms with Gasteiger partial charge >= 0.3 is 0 Å². The van der Waals surface area contributed by atoms with Gasteiger partial charge in [-0.1, -0.05) is 32.0 Å². The maximum absolute atomic E-state index is 12.2. The third-order valence-corrected chi connectivity index (χ3v) is 3.83. The number of aromatic nitrogens is 1. The van der Waals surface area contributed by atoms with Crippen molar-refractivity contribution >= 4 is 5.91 Å². The first-order valence-corrected chi connectivity index (χ1v) is 8.26. The molecule has 1 aromatic heterocycles. The Morgan fingerprint density at radius 1 is 1.17 bits per heavy atom. The monoisotopic (exact) mass is 314 g/mol. The van der Waals surface area contributed by atoms with Crippen LogP contribution < -0.4 is 5.32 Å². The van der Waals surface area contributed by atoms with Gasteiger partial charge in [-0.25, -0.2) is 4.98 Å². The van der Waals surface area contributed by atoms with Crippen molar-refractivity contribution in [2.45, 2.75) is 53.0 Å². The summed E-state index contributed by atoms with van der Waals surface area (Å²) >= 11 is 0. The molecule has 0 saturated heterocycles. The highest BCUT2D eigenvalue weighted by molar-refractivity contribution is 5.78. The van der Waals surface area contributed by atoms with Crippen LogP contribution in [0, 0.1) is 12.8 Å². The third kappa shape index (κ3) is 5.23. The molecule has 1 amide bonds. The van der Waals surface area contributed by atoms with Crippen LogP contribution in [0.1, 0.15) is 45.1 Å². The molecule has 1 N–H and O–H groups in total. The van der Waals surface area contributed by atoms with E-state index < -0.39 is 0 Å². The lowest BCUT2D eigenvalue weighted by Crippen LogP contribution is -2.34. The summed E-state index contributed by atoms with van der Waals surface area (Å²) in [6.45, 7) is 8.28. The van der Waals surface area contributed by atoms with E-state index in [9.17, 15) is 4.79 Å². The topological polar surface area (TPSA) is 55.1 Å². The van der Waals surface area contributed by atoms with Crippen molar-refractivity contribution in [3.05, 3.63) is 41.8 Å². The number of hydrogen-bond donors (Lipinski definition) is 1. The minimum atomic E-state index is -0.00253. The Morgan fingerprint density at radius 2 is 1.87 bits per heavy atom. The smallest absolute Gasteiger partial charge is 0.226 e. The fourth-order valence-electron chi connectivity index (χ4n) is 2.43. The predicted molar refractivity (Wildman–Crippen MR) is 92.1 cm³/mol. The van der Waals surface area contributed by atoms with E-state index in [4.69, 9.17) is 4.42 Å². The molecule has 4 heteroatoms. The summed E-state index contributed by atoms with van der Waals surface area (Å²) in [5, 5.41) is 3.04. The van der Waals surface area contributed by atoms with Crippen LogP contribution in [-0.2, 0) is 11.2 Å². The summed E-state index contributed by atoms with van der Waals surface area (Å²) in [7, 11) is 0. The Kier molecular flexibility index (Phi) is 5.97.